The van der Waals surface area contributed by atoms with Crippen LogP contribution in [0.5, 0.6) is 0 Å². The lowest BCUT2D eigenvalue weighted by Gasteiger charge is -2.34. The average molecular weight is 300 g/mol. The fraction of sp³-hybridized carbons (Fsp3) is 0.417. The summed E-state index contributed by atoms with van der Waals surface area (Å²) in [4.78, 5) is 13.9. The molecule has 1 saturated heterocycles. The van der Waals surface area contributed by atoms with Crippen LogP contribution in [-0.2, 0) is 9.84 Å². The van der Waals surface area contributed by atoms with E-state index in [9.17, 15) is 13.2 Å². The van der Waals surface area contributed by atoms with Crippen molar-refractivity contribution in [3.63, 3.8) is 0 Å². The van der Waals surface area contributed by atoms with Crippen LogP contribution in [0.3, 0.4) is 0 Å². The number of rotatable bonds is 2. The molecule has 104 valence electrons. The van der Waals surface area contributed by atoms with Gasteiger partial charge in [0.25, 0.3) is 5.91 Å². The molecule has 1 aromatic carbocycles. The van der Waals surface area contributed by atoms with Crippen molar-refractivity contribution in [1.29, 1.82) is 0 Å². The van der Waals surface area contributed by atoms with Gasteiger partial charge in [-0.15, -0.1) is 0 Å². The smallest absolute Gasteiger partial charge is 0.257 e. The molecule has 1 aliphatic heterocycles. The number of para-hydroxylation sites is 1. The first-order chi connectivity index (χ1) is 8.91. The van der Waals surface area contributed by atoms with Crippen LogP contribution >= 0.6 is 11.8 Å². The summed E-state index contributed by atoms with van der Waals surface area (Å²) >= 11 is 1.55. The quantitative estimate of drug-likeness (QED) is 0.818. The number of benzene rings is 1. The van der Waals surface area contributed by atoms with Crippen molar-refractivity contribution in [2.24, 2.45) is 0 Å². The van der Waals surface area contributed by atoms with E-state index in [-0.39, 0.29) is 5.91 Å². The summed E-state index contributed by atoms with van der Waals surface area (Å²) in [6.07, 6.45) is 1.16. The molecule has 1 heterocycles. The fourth-order valence-electron chi connectivity index (χ4n) is 2.01. The third-order valence-corrected chi connectivity index (χ3v) is 5.67. The average Bonchev–Trinajstić information content (AvgIpc) is 2.37. The summed E-state index contributed by atoms with van der Waals surface area (Å²) in [6.45, 7) is 0.426. The number of nitrogens with two attached hydrogens (primary N) is 1. The van der Waals surface area contributed by atoms with E-state index in [4.69, 9.17) is 5.73 Å². The molecule has 0 saturated carbocycles. The maximum Gasteiger partial charge on any atom is 0.257 e. The number of carbonyl (C=O) groups is 1. The first-order valence-corrected chi connectivity index (χ1v) is 8.94. The predicted octanol–water partition coefficient (Wildman–Crippen LogP) is 0.829. The van der Waals surface area contributed by atoms with E-state index in [0.29, 0.717) is 23.5 Å². The summed E-state index contributed by atoms with van der Waals surface area (Å²) in [5.74, 6) is 0.843. The molecular formula is C12H16N2O3S2. The highest BCUT2D eigenvalue weighted by atomic mass is 32.2. The molecule has 2 rings (SSSR count). The van der Waals surface area contributed by atoms with Gasteiger partial charge in [0.1, 0.15) is 5.37 Å². The second kappa shape index (κ2) is 5.42. The number of hydrogen-bond acceptors (Lipinski definition) is 5. The predicted molar refractivity (Wildman–Crippen MR) is 77.8 cm³/mol. The molecule has 0 radical (unpaired) electrons. The molecule has 2 N–H and O–H groups in total. The first kappa shape index (κ1) is 14.2. The number of anilines is 1. The zero-order valence-corrected chi connectivity index (χ0v) is 12.2. The summed E-state index contributed by atoms with van der Waals surface area (Å²) in [6, 6.07) is 6.73. The molecule has 1 fully saturated rings. The Labute approximate surface area is 117 Å². The minimum absolute atomic E-state index is 0.311. The van der Waals surface area contributed by atoms with Crippen molar-refractivity contribution in [2.45, 2.75) is 5.37 Å². The number of nitrogens with zero attached hydrogens (tertiary/aromatic N) is 1. The summed E-state index contributed by atoms with van der Waals surface area (Å²) < 4.78 is 23.6. The van der Waals surface area contributed by atoms with Gasteiger partial charge in [0.05, 0.1) is 5.56 Å². The minimum atomic E-state index is -3.30. The van der Waals surface area contributed by atoms with E-state index in [2.05, 4.69) is 0 Å². The summed E-state index contributed by atoms with van der Waals surface area (Å²) in [7, 11) is -3.30. The van der Waals surface area contributed by atoms with Crippen molar-refractivity contribution in [2.75, 3.05) is 30.0 Å². The van der Waals surface area contributed by atoms with Gasteiger partial charge in [-0.05, 0) is 12.1 Å². The normalized spacial score (nSPS) is 20.3. The molecule has 0 aromatic heterocycles. The van der Waals surface area contributed by atoms with Crippen molar-refractivity contribution < 1.29 is 13.2 Å². The lowest BCUT2D eigenvalue weighted by atomic mass is 10.1. The summed E-state index contributed by atoms with van der Waals surface area (Å²) in [5.41, 5.74) is 6.52. The van der Waals surface area contributed by atoms with Gasteiger partial charge in [0.15, 0.2) is 9.84 Å². The summed E-state index contributed by atoms with van der Waals surface area (Å²) in [5, 5.41) is -0.765. The maximum absolute atomic E-state index is 12.4. The van der Waals surface area contributed by atoms with Gasteiger partial charge in [-0.1, -0.05) is 12.1 Å². The molecule has 7 heteroatoms. The Kier molecular flexibility index (Phi) is 4.05. The Hall–Kier alpha value is -1.21. The second-order valence-corrected chi connectivity index (χ2v) is 7.80. The van der Waals surface area contributed by atoms with Crippen LogP contribution < -0.4 is 5.73 Å². The van der Waals surface area contributed by atoms with Gasteiger partial charge in [0, 0.05) is 30.0 Å². The molecule has 1 atom stereocenters. The Morgan fingerprint density at radius 3 is 2.74 bits per heavy atom. The van der Waals surface area contributed by atoms with Crippen molar-refractivity contribution >= 4 is 33.2 Å². The van der Waals surface area contributed by atoms with E-state index in [1.807, 2.05) is 0 Å². The van der Waals surface area contributed by atoms with Crippen LogP contribution in [0.4, 0.5) is 5.69 Å². The van der Waals surface area contributed by atoms with Crippen LogP contribution in [0.15, 0.2) is 24.3 Å². The van der Waals surface area contributed by atoms with Gasteiger partial charge in [-0.2, -0.15) is 11.8 Å². The van der Waals surface area contributed by atoms with Crippen LogP contribution in [0.1, 0.15) is 10.4 Å². The molecule has 0 aliphatic carbocycles. The molecule has 19 heavy (non-hydrogen) atoms. The van der Waals surface area contributed by atoms with E-state index in [1.165, 1.54) is 4.90 Å². The van der Waals surface area contributed by atoms with E-state index >= 15 is 0 Å². The van der Waals surface area contributed by atoms with Gasteiger partial charge in [0.2, 0.25) is 0 Å². The fourth-order valence-corrected chi connectivity index (χ4v) is 4.83. The van der Waals surface area contributed by atoms with Gasteiger partial charge < -0.3 is 10.6 Å². The zero-order valence-electron chi connectivity index (χ0n) is 10.6. The van der Waals surface area contributed by atoms with E-state index in [1.54, 1.807) is 36.0 Å². The van der Waals surface area contributed by atoms with Crippen LogP contribution in [0.25, 0.3) is 0 Å². The number of amides is 1. The van der Waals surface area contributed by atoms with Gasteiger partial charge >= 0.3 is 0 Å². The molecule has 0 spiro atoms. The monoisotopic (exact) mass is 300 g/mol. The highest BCUT2D eigenvalue weighted by Gasteiger charge is 2.35. The number of nitrogen functional groups attached to an aromatic ring is 1. The SMILES string of the molecule is CS(=O)(=O)C1CSCCN1C(=O)c1ccccc1N. The third kappa shape index (κ3) is 3.03. The number of carbonyl (C=O) groups excluding carboxylic acids is 1. The van der Waals surface area contributed by atoms with Crippen LogP contribution in [-0.4, -0.2) is 48.9 Å². The number of hydrogen-bond donors (Lipinski definition) is 1. The van der Waals surface area contributed by atoms with Crippen molar-refractivity contribution in [3.05, 3.63) is 29.8 Å². The lowest BCUT2D eigenvalue weighted by Crippen LogP contribution is -2.50. The Morgan fingerprint density at radius 2 is 2.11 bits per heavy atom. The van der Waals surface area contributed by atoms with E-state index in [0.717, 1.165) is 12.0 Å². The molecular weight excluding hydrogens is 284 g/mol. The van der Waals surface area contributed by atoms with Crippen molar-refractivity contribution in [1.82, 2.24) is 4.90 Å². The molecule has 1 amide bonds. The highest BCUT2D eigenvalue weighted by Crippen LogP contribution is 2.24. The largest absolute Gasteiger partial charge is 0.398 e. The first-order valence-electron chi connectivity index (χ1n) is 5.83. The standard InChI is InChI=1S/C12H16N2O3S2/c1-19(16,17)11-8-18-7-6-14(11)12(15)9-4-2-3-5-10(9)13/h2-5,11H,6-8,13H2,1H3. The third-order valence-electron chi connectivity index (χ3n) is 3.03. The molecule has 5 nitrogen and oxygen atoms in total. The topological polar surface area (TPSA) is 80.5 Å². The molecule has 1 aromatic rings. The Bertz CT molecular complexity index is 586. The maximum atomic E-state index is 12.4. The lowest BCUT2D eigenvalue weighted by molar-refractivity contribution is 0.0750. The van der Waals surface area contributed by atoms with E-state index < -0.39 is 15.2 Å². The molecule has 0 bridgehead atoms. The number of sulfone groups is 1. The highest BCUT2D eigenvalue weighted by molar-refractivity contribution is 8.00. The van der Waals surface area contributed by atoms with Gasteiger partial charge in [-0.3, -0.25) is 4.79 Å². The molecule has 1 aliphatic rings. The number of thioether (sulfide) groups is 1. The van der Waals surface area contributed by atoms with Crippen molar-refractivity contribution in [3.8, 4) is 0 Å². The van der Waals surface area contributed by atoms with Crippen LogP contribution in [0, 0.1) is 0 Å². The Balaban J connectivity index is 2.34. The zero-order chi connectivity index (χ0) is 14.0. The molecule has 1 unspecified atom stereocenters. The van der Waals surface area contributed by atoms with Gasteiger partial charge in [-0.25, -0.2) is 8.42 Å². The minimum Gasteiger partial charge on any atom is -0.398 e. The van der Waals surface area contributed by atoms with Crippen LogP contribution in [0.2, 0.25) is 0 Å². The second-order valence-electron chi connectivity index (χ2n) is 4.44. The Morgan fingerprint density at radius 1 is 1.42 bits per heavy atom.